The van der Waals surface area contributed by atoms with Crippen molar-refractivity contribution in [2.45, 2.75) is 70.9 Å². The molecule has 2 aliphatic carbocycles. The maximum Gasteiger partial charge on any atom is 0.357 e. The zero-order valence-electron chi connectivity index (χ0n) is 14.3. The van der Waals surface area contributed by atoms with Crippen LogP contribution in [0, 0.1) is 5.92 Å². The summed E-state index contributed by atoms with van der Waals surface area (Å²) in [6.45, 7) is 2.65. The number of ether oxygens (including phenoxy) is 1. The summed E-state index contributed by atoms with van der Waals surface area (Å²) >= 11 is 1.43. The van der Waals surface area contributed by atoms with E-state index in [0.717, 1.165) is 30.2 Å². The van der Waals surface area contributed by atoms with Gasteiger partial charge in [0.1, 0.15) is 5.01 Å². The van der Waals surface area contributed by atoms with Crippen LogP contribution in [0.3, 0.4) is 0 Å². The molecule has 5 nitrogen and oxygen atoms in total. The van der Waals surface area contributed by atoms with Gasteiger partial charge in [0.05, 0.1) is 13.2 Å². The molecule has 132 valence electrons. The number of hydrogen-bond acceptors (Lipinski definition) is 5. The van der Waals surface area contributed by atoms with Crippen LogP contribution in [0.2, 0.25) is 0 Å². The molecule has 0 N–H and O–H groups in total. The summed E-state index contributed by atoms with van der Waals surface area (Å²) in [6.07, 6.45) is 9.06. The van der Waals surface area contributed by atoms with Crippen LogP contribution in [0.4, 0.5) is 0 Å². The molecule has 0 atom stereocenters. The Morgan fingerprint density at radius 2 is 2.04 bits per heavy atom. The fraction of sp³-hybridized carbons (Fsp3) is 0.722. The van der Waals surface area contributed by atoms with Crippen molar-refractivity contribution in [2.24, 2.45) is 5.92 Å². The number of thiazole rings is 1. The lowest BCUT2D eigenvalue weighted by molar-refractivity contribution is -0.132. The Labute approximate surface area is 147 Å². The molecule has 1 aromatic rings. The molecule has 1 aromatic heterocycles. The van der Waals surface area contributed by atoms with Gasteiger partial charge in [-0.3, -0.25) is 4.79 Å². The predicted octanol–water partition coefficient (Wildman–Crippen LogP) is 3.78. The lowest BCUT2D eigenvalue weighted by Gasteiger charge is -2.22. The van der Waals surface area contributed by atoms with E-state index >= 15 is 0 Å². The van der Waals surface area contributed by atoms with Crippen LogP contribution in [-0.2, 0) is 16.1 Å². The van der Waals surface area contributed by atoms with Crippen LogP contribution in [0.5, 0.6) is 0 Å². The maximum atomic E-state index is 12.6. The quantitative estimate of drug-likeness (QED) is 0.670. The van der Waals surface area contributed by atoms with Crippen LogP contribution in [0.25, 0.3) is 0 Å². The number of amides is 1. The molecule has 1 amide bonds. The Morgan fingerprint density at radius 3 is 2.71 bits per heavy atom. The topological polar surface area (TPSA) is 59.5 Å². The zero-order valence-corrected chi connectivity index (χ0v) is 15.1. The first-order chi connectivity index (χ1) is 11.7. The van der Waals surface area contributed by atoms with Gasteiger partial charge in [-0.15, -0.1) is 11.3 Å². The van der Waals surface area contributed by atoms with Crippen molar-refractivity contribution in [1.82, 2.24) is 9.88 Å². The largest absolute Gasteiger partial charge is 0.461 e. The van der Waals surface area contributed by atoms with Gasteiger partial charge in [0.25, 0.3) is 0 Å². The van der Waals surface area contributed by atoms with Gasteiger partial charge in [-0.25, -0.2) is 9.78 Å². The van der Waals surface area contributed by atoms with Gasteiger partial charge in [-0.1, -0.05) is 25.7 Å². The van der Waals surface area contributed by atoms with Crippen LogP contribution in [-0.4, -0.2) is 34.4 Å². The highest BCUT2D eigenvalue weighted by Gasteiger charge is 2.33. The molecule has 0 saturated heterocycles. The average molecular weight is 350 g/mol. The minimum atomic E-state index is -0.384. The van der Waals surface area contributed by atoms with E-state index in [4.69, 9.17) is 4.74 Å². The molecule has 0 spiro atoms. The predicted molar refractivity (Wildman–Crippen MR) is 92.8 cm³/mol. The van der Waals surface area contributed by atoms with E-state index in [2.05, 4.69) is 4.98 Å². The van der Waals surface area contributed by atoms with Crippen molar-refractivity contribution in [2.75, 3.05) is 6.61 Å². The van der Waals surface area contributed by atoms with Gasteiger partial charge >= 0.3 is 5.97 Å². The second kappa shape index (κ2) is 8.10. The average Bonchev–Trinajstić information content (AvgIpc) is 3.09. The molecule has 24 heavy (non-hydrogen) atoms. The second-order valence-corrected chi connectivity index (χ2v) is 7.73. The summed E-state index contributed by atoms with van der Waals surface area (Å²) in [7, 11) is 0. The first-order valence-electron chi connectivity index (χ1n) is 9.08. The van der Waals surface area contributed by atoms with E-state index in [1.807, 2.05) is 4.90 Å². The van der Waals surface area contributed by atoms with Crippen molar-refractivity contribution in [3.63, 3.8) is 0 Å². The Balaban J connectivity index is 1.55. The number of hydrogen-bond donors (Lipinski definition) is 0. The summed E-state index contributed by atoms with van der Waals surface area (Å²) in [5.41, 5.74) is 0.353. The van der Waals surface area contributed by atoms with Gasteiger partial charge in [-0.05, 0) is 32.1 Å². The SMILES string of the molecule is CCOC(=O)c1csc(CN(C(=O)CCC2CCCC2)C2CC2)n1. The Kier molecular flexibility index (Phi) is 5.87. The second-order valence-electron chi connectivity index (χ2n) is 6.79. The van der Waals surface area contributed by atoms with Crippen LogP contribution < -0.4 is 0 Å². The minimum Gasteiger partial charge on any atom is -0.461 e. The Morgan fingerprint density at radius 1 is 1.29 bits per heavy atom. The smallest absolute Gasteiger partial charge is 0.357 e. The lowest BCUT2D eigenvalue weighted by Crippen LogP contribution is -2.32. The van der Waals surface area contributed by atoms with Crippen molar-refractivity contribution >= 4 is 23.2 Å². The lowest BCUT2D eigenvalue weighted by atomic mass is 10.0. The van der Waals surface area contributed by atoms with Crippen molar-refractivity contribution in [3.8, 4) is 0 Å². The molecule has 2 fully saturated rings. The van der Waals surface area contributed by atoms with Crippen LogP contribution in [0.1, 0.15) is 73.8 Å². The van der Waals surface area contributed by atoms with Gasteiger partial charge in [0.2, 0.25) is 5.91 Å². The molecule has 0 radical (unpaired) electrons. The third kappa shape index (κ3) is 4.56. The molecule has 0 aromatic carbocycles. The molecular formula is C18H26N2O3S. The molecule has 0 aliphatic heterocycles. The highest BCUT2D eigenvalue weighted by atomic mass is 32.1. The van der Waals surface area contributed by atoms with Crippen molar-refractivity contribution in [3.05, 3.63) is 16.1 Å². The van der Waals surface area contributed by atoms with E-state index in [-0.39, 0.29) is 11.9 Å². The van der Waals surface area contributed by atoms with Gasteiger partial charge in [0.15, 0.2) is 5.69 Å². The maximum absolute atomic E-state index is 12.6. The fourth-order valence-corrected chi connectivity index (χ4v) is 4.17. The fourth-order valence-electron chi connectivity index (χ4n) is 3.41. The first-order valence-corrected chi connectivity index (χ1v) is 9.96. The van der Waals surface area contributed by atoms with E-state index in [1.165, 1.54) is 37.0 Å². The number of nitrogens with zero attached hydrogens (tertiary/aromatic N) is 2. The summed E-state index contributed by atoms with van der Waals surface area (Å²) in [4.78, 5) is 30.7. The summed E-state index contributed by atoms with van der Waals surface area (Å²) < 4.78 is 4.97. The highest BCUT2D eigenvalue weighted by molar-refractivity contribution is 7.09. The number of aromatic nitrogens is 1. The molecule has 0 unspecified atom stereocenters. The van der Waals surface area contributed by atoms with Crippen LogP contribution >= 0.6 is 11.3 Å². The van der Waals surface area contributed by atoms with E-state index in [9.17, 15) is 9.59 Å². The summed E-state index contributed by atoms with van der Waals surface area (Å²) in [5.74, 6) is 0.605. The Hall–Kier alpha value is -1.43. The number of esters is 1. The monoisotopic (exact) mass is 350 g/mol. The van der Waals surface area contributed by atoms with Gasteiger partial charge < -0.3 is 9.64 Å². The number of carbonyl (C=O) groups is 2. The Bertz CT molecular complexity index is 577. The number of rotatable bonds is 8. The minimum absolute atomic E-state index is 0.247. The van der Waals surface area contributed by atoms with Gasteiger partial charge in [-0.2, -0.15) is 0 Å². The third-order valence-corrected chi connectivity index (χ3v) is 5.72. The summed E-state index contributed by atoms with van der Waals surface area (Å²) in [5, 5.41) is 2.54. The number of carbonyl (C=O) groups excluding carboxylic acids is 2. The third-order valence-electron chi connectivity index (χ3n) is 4.89. The first kappa shape index (κ1) is 17.4. The summed E-state index contributed by atoms with van der Waals surface area (Å²) in [6, 6.07) is 0.371. The molecular weight excluding hydrogens is 324 g/mol. The van der Waals surface area contributed by atoms with Crippen molar-refractivity contribution in [1.29, 1.82) is 0 Å². The molecule has 2 aliphatic rings. The van der Waals surface area contributed by atoms with E-state index in [1.54, 1.807) is 12.3 Å². The standard InChI is InChI=1S/C18H26N2O3S/c1-2-23-18(22)15-12-24-16(19-15)11-20(14-8-9-14)17(21)10-7-13-5-3-4-6-13/h12-14H,2-11H2,1H3. The highest BCUT2D eigenvalue weighted by Crippen LogP contribution is 2.32. The molecule has 1 heterocycles. The molecule has 3 rings (SSSR count). The van der Waals surface area contributed by atoms with E-state index in [0.29, 0.717) is 31.3 Å². The van der Waals surface area contributed by atoms with E-state index < -0.39 is 0 Å². The van der Waals surface area contributed by atoms with Crippen molar-refractivity contribution < 1.29 is 14.3 Å². The molecule has 6 heteroatoms. The van der Waals surface area contributed by atoms with Crippen LogP contribution in [0.15, 0.2) is 5.38 Å². The molecule has 0 bridgehead atoms. The molecule has 2 saturated carbocycles. The zero-order chi connectivity index (χ0) is 16.9. The normalized spacial score (nSPS) is 17.9. The van der Waals surface area contributed by atoms with Gasteiger partial charge in [0, 0.05) is 17.8 Å².